The van der Waals surface area contributed by atoms with E-state index in [-0.39, 0.29) is 22.5 Å². The molecule has 2 N–H and O–H groups in total. The highest BCUT2D eigenvalue weighted by Crippen LogP contribution is 2.39. The number of hydrogen-bond donors (Lipinski definition) is 2. The first-order valence-corrected chi connectivity index (χ1v) is 10.8. The lowest BCUT2D eigenvalue weighted by Crippen LogP contribution is -2.27. The molecule has 1 heterocycles. The fourth-order valence-electron chi connectivity index (χ4n) is 3.45. The third-order valence-electron chi connectivity index (χ3n) is 5.03. The second kappa shape index (κ2) is 9.06. The minimum Gasteiger partial charge on any atom is -0.478 e. The molecule has 2 amide bonds. The van der Waals surface area contributed by atoms with E-state index in [0.717, 1.165) is 11.1 Å². The number of thioether (sulfide) groups is 1. The van der Waals surface area contributed by atoms with Crippen molar-refractivity contribution in [1.82, 2.24) is 4.90 Å². The number of carbonyl (C=O) groups excluding carboxylic acids is 2. The maximum Gasteiger partial charge on any atom is 0.337 e. The zero-order valence-corrected chi connectivity index (χ0v) is 17.3. The number of para-hydroxylation sites is 1. The monoisotopic (exact) mass is 432 g/mol. The molecule has 0 radical (unpaired) electrons. The summed E-state index contributed by atoms with van der Waals surface area (Å²) in [6, 6.07) is 23.2. The Balaban J connectivity index is 1.49. The van der Waals surface area contributed by atoms with Crippen molar-refractivity contribution in [2.45, 2.75) is 11.9 Å². The van der Waals surface area contributed by atoms with Crippen molar-refractivity contribution in [3.63, 3.8) is 0 Å². The van der Waals surface area contributed by atoms with Crippen LogP contribution in [0, 0.1) is 0 Å². The quantitative estimate of drug-likeness (QED) is 0.603. The predicted molar refractivity (Wildman–Crippen MR) is 120 cm³/mol. The second-order valence-corrected chi connectivity index (χ2v) is 8.17. The van der Waals surface area contributed by atoms with Gasteiger partial charge >= 0.3 is 5.97 Å². The fraction of sp³-hybridized carbons (Fsp3) is 0.125. The first-order chi connectivity index (χ1) is 15.0. The number of carboxylic acids is 1. The number of amides is 2. The van der Waals surface area contributed by atoms with Gasteiger partial charge in [-0.2, -0.15) is 0 Å². The van der Waals surface area contributed by atoms with Gasteiger partial charge in [-0.25, -0.2) is 4.79 Å². The summed E-state index contributed by atoms with van der Waals surface area (Å²) >= 11 is 1.56. The maximum atomic E-state index is 12.6. The van der Waals surface area contributed by atoms with Crippen LogP contribution in [0.25, 0.3) is 0 Å². The Morgan fingerprint density at radius 3 is 2.35 bits per heavy atom. The van der Waals surface area contributed by atoms with Gasteiger partial charge in [-0.05, 0) is 35.4 Å². The van der Waals surface area contributed by atoms with E-state index in [9.17, 15) is 19.5 Å². The molecular weight excluding hydrogens is 412 g/mol. The van der Waals surface area contributed by atoms with Crippen LogP contribution in [0.15, 0.2) is 78.9 Å². The van der Waals surface area contributed by atoms with Gasteiger partial charge in [-0.1, -0.05) is 54.6 Å². The average molecular weight is 433 g/mol. The molecule has 1 fully saturated rings. The molecule has 0 spiro atoms. The van der Waals surface area contributed by atoms with Crippen molar-refractivity contribution in [2.75, 3.05) is 11.1 Å². The molecule has 6 nitrogen and oxygen atoms in total. The summed E-state index contributed by atoms with van der Waals surface area (Å²) in [5, 5.41) is 11.8. The summed E-state index contributed by atoms with van der Waals surface area (Å²) in [4.78, 5) is 38.2. The van der Waals surface area contributed by atoms with E-state index in [2.05, 4.69) is 5.32 Å². The molecule has 156 valence electrons. The van der Waals surface area contributed by atoms with Gasteiger partial charge in [0.1, 0.15) is 5.37 Å². The van der Waals surface area contributed by atoms with Gasteiger partial charge in [0.25, 0.3) is 5.91 Å². The zero-order valence-electron chi connectivity index (χ0n) is 16.5. The van der Waals surface area contributed by atoms with Crippen LogP contribution in [-0.4, -0.2) is 33.5 Å². The fourth-order valence-corrected chi connectivity index (χ4v) is 4.64. The van der Waals surface area contributed by atoms with Crippen LogP contribution in [-0.2, 0) is 11.3 Å². The number of rotatable bonds is 6. The highest BCUT2D eigenvalue weighted by molar-refractivity contribution is 8.00. The smallest absolute Gasteiger partial charge is 0.337 e. The summed E-state index contributed by atoms with van der Waals surface area (Å²) in [6.07, 6.45) is 0. The van der Waals surface area contributed by atoms with Crippen LogP contribution in [0.5, 0.6) is 0 Å². The Morgan fingerprint density at radius 1 is 0.968 bits per heavy atom. The lowest BCUT2D eigenvalue weighted by Gasteiger charge is -2.24. The Hall–Kier alpha value is -3.58. The molecule has 4 rings (SSSR count). The number of carboxylic acid groups (broad SMARTS) is 1. The summed E-state index contributed by atoms with van der Waals surface area (Å²) < 4.78 is 0. The molecule has 1 saturated heterocycles. The molecule has 3 aromatic carbocycles. The standard InChI is InChI=1S/C24H20N2O4S/c27-21-15-31-23(26(21)14-16-6-2-1-3-7-16)18-12-10-17(11-13-18)22(28)25-20-9-5-4-8-19(20)24(29)30/h1-13,23H,14-15H2,(H,25,28)(H,29,30). The van der Waals surface area contributed by atoms with Gasteiger partial charge in [0.2, 0.25) is 5.91 Å². The number of benzene rings is 3. The van der Waals surface area contributed by atoms with Crippen molar-refractivity contribution in [3.05, 3.63) is 101 Å². The Morgan fingerprint density at radius 2 is 1.65 bits per heavy atom. The summed E-state index contributed by atoms with van der Waals surface area (Å²) in [5.74, 6) is -0.985. The molecule has 1 aliphatic rings. The predicted octanol–water partition coefficient (Wildman–Crippen LogP) is 4.41. The van der Waals surface area contributed by atoms with Gasteiger partial charge in [0.15, 0.2) is 0 Å². The third-order valence-corrected chi connectivity index (χ3v) is 6.28. The SMILES string of the molecule is O=C(Nc1ccccc1C(=O)O)c1ccc(C2SCC(=O)N2Cc2ccccc2)cc1. The Labute approximate surface area is 183 Å². The molecule has 1 unspecified atom stereocenters. The highest BCUT2D eigenvalue weighted by Gasteiger charge is 2.32. The first kappa shape index (κ1) is 20.7. The second-order valence-electron chi connectivity index (χ2n) is 7.10. The number of hydrogen-bond acceptors (Lipinski definition) is 4. The van der Waals surface area contributed by atoms with Crippen molar-refractivity contribution in [3.8, 4) is 0 Å². The maximum absolute atomic E-state index is 12.6. The van der Waals surface area contributed by atoms with Gasteiger partial charge in [-0.15, -0.1) is 11.8 Å². The van der Waals surface area contributed by atoms with E-state index in [1.54, 1.807) is 42.1 Å². The van der Waals surface area contributed by atoms with E-state index in [1.165, 1.54) is 6.07 Å². The molecule has 0 bridgehead atoms. The molecule has 1 atom stereocenters. The molecule has 0 aromatic heterocycles. The molecule has 31 heavy (non-hydrogen) atoms. The van der Waals surface area contributed by atoms with Gasteiger partial charge in [0.05, 0.1) is 17.0 Å². The van der Waals surface area contributed by atoms with Crippen molar-refractivity contribution < 1.29 is 19.5 Å². The van der Waals surface area contributed by atoms with Crippen molar-refractivity contribution in [2.24, 2.45) is 0 Å². The minimum absolute atomic E-state index is 0.0323. The Kier molecular flexibility index (Phi) is 6.04. The van der Waals surface area contributed by atoms with Crippen molar-refractivity contribution >= 4 is 35.2 Å². The molecule has 0 saturated carbocycles. The molecule has 1 aliphatic heterocycles. The largest absolute Gasteiger partial charge is 0.478 e. The van der Waals surface area contributed by atoms with Gasteiger partial charge in [0, 0.05) is 12.1 Å². The van der Waals surface area contributed by atoms with E-state index in [1.807, 2.05) is 47.4 Å². The normalized spacial score (nSPS) is 15.7. The van der Waals surface area contributed by atoms with Crippen LogP contribution < -0.4 is 5.32 Å². The number of nitrogens with zero attached hydrogens (tertiary/aromatic N) is 1. The summed E-state index contributed by atoms with van der Waals surface area (Å²) in [7, 11) is 0. The Bertz CT molecular complexity index is 1120. The number of aromatic carboxylic acids is 1. The minimum atomic E-state index is -1.10. The number of anilines is 1. The molecule has 0 aliphatic carbocycles. The summed E-state index contributed by atoms with van der Waals surface area (Å²) in [6.45, 7) is 0.533. The number of nitrogens with one attached hydrogen (secondary N) is 1. The van der Waals surface area contributed by atoms with E-state index < -0.39 is 11.9 Å². The van der Waals surface area contributed by atoms with Crippen molar-refractivity contribution in [1.29, 1.82) is 0 Å². The molecule has 3 aromatic rings. The third kappa shape index (κ3) is 4.62. The van der Waals surface area contributed by atoms with E-state index in [4.69, 9.17) is 0 Å². The number of carbonyl (C=O) groups is 3. The lowest BCUT2D eigenvalue weighted by molar-refractivity contribution is -0.128. The van der Waals surface area contributed by atoms with Crippen LogP contribution in [0.3, 0.4) is 0 Å². The van der Waals surface area contributed by atoms with Crippen LogP contribution in [0.1, 0.15) is 37.2 Å². The van der Waals surface area contributed by atoms with Crippen LogP contribution in [0.4, 0.5) is 5.69 Å². The van der Waals surface area contributed by atoms with E-state index >= 15 is 0 Å². The molecule has 7 heteroatoms. The zero-order chi connectivity index (χ0) is 21.8. The highest BCUT2D eigenvalue weighted by atomic mass is 32.2. The molecular formula is C24H20N2O4S. The summed E-state index contributed by atoms with van der Waals surface area (Å²) in [5.41, 5.74) is 2.69. The van der Waals surface area contributed by atoms with Crippen LogP contribution >= 0.6 is 11.8 Å². The topological polar surface area (TPSA) is 86.7 Å². The first-order valence-electron chi connectivity index (χ1n) is 9.71. The van der Waals surface area contributed by atoms with E-state index in [0.29, 0.717) is 17.9 Å². The van der Waals surface area contributed by atoms with Gasteiger partial charge in [-0.3, -0.25) is 9.59 Å². The average Bonchev–Trinajstić information content (AvgIpc) is 3.15. The lowest BCUT2D eigenvalue weighted by atomic mass is 10.1. The van der Waals surface area contributed by atoms with Gasteiger partial charge < -0.3 is 15.3 Å². The van der Waals surface area contributed by atoms with Crippen LogP contribution in [0.2, 0.25) is 0 Å².